The van der Waals surface area contributed by atoms with E-state index in [0.717, 1.165) is 18.8 Å². The standard InChI is InChI=1S/C20H23N3O2/c1-15(21-20(25)16-7-3-2-4-8-16)19(24)22-17-9-11-18(12-10-17)23-13-5-6-14-23/h2-4,7-12,15H,5-6,13-14H2,1H3,(H,21,25)(H,22,24)/t15-/m0/s1. The molecule has 5 heteroatoms. The fourth-order valence-corrected chi connectivity index (χ4v) is 2.92. The van der Waals surface area contributed by atoms with E-state index in [1.54, 1.807) is 31.2 Å². The number of carbonyl (C=O) groups is 2. The molecule has 1 saturated heterocycles. The molecule has 2 aromatic carbocycles. The maximum Gasteiger partial charge on any atom is 0.251 e. The van der Waals surface area contributed by atoms with Crippen molar-refractivity contribution >= 4 is 23.2 Å². The number of anilines is 2. The van der Waals surface area contributed by atoms with Gasteiger partial charge in [0.2, 0.25) is 5.91 Å². The molecule has 1 fully saturated rings. The first kappa shape index (κ1) is 17.0. The number of nitrogens with one attached hydrogen (secondary N) is 2. The number of amides is 2. The molecule has 1 aliphatic heterocycles. The summed E-state index contributed by atoms with van der Waals surface area (Å²) in [6, 6.07) is 16.1. The average Bonchev–Trinajstić information content (AvgIpc) is 3.17. The van der Waals surface area contributed by atoms with Crippen LogP contribution in [0.5, 0.6) is 0 Å². The first-order valence-electron chi connectivity index (χ1n) is 8.65. The maximum absolute atomic E-state index is 12.3. The molecule has 0 aromatic heterocycles. The van der Waals surface area contributed by atoms with Crippen LogP contribution in [0.3, 0.4) is 0 Å². The predicted molar refractivity (Wildman–Crippen MR) is 99.9 cm³/mol. The van der Waals surface area contributed by atoms with Crippen LogP contribution in [-0.4, -0.2) is 30.9 Å². The Hall–Kier alpha value is -2.82. The minimum absolute atomic E-state index is 0.238. The van der Waals surface area contributed by atoms with Gasteiger partial charge in [0.25, 0.3) is 5.91 Å². The summed E-state index contributed by atoms with van der Waals surface area (Å²) < 4.78 is 0. The van der Waals surface area contributed by atoms with Crippen molar-refractivity contribution in [1.29, 1.82) is 0 Å². The lowest BCUT2D eigenvalue weighted by molar-refractivity contribution is -0.117. The predicted octanol–water partition coefficient (Wildman–Crippen LogP) is 3.04. The van der Waals surface area contributed by atoms with E-state index in [1.165, 1.54) is 18.5 Å². The average molecular weight is 337 g/mol. The van der Waals surface area contributed by atoms with Gasteiger partial charge in [-0.25, -0.2) is 0 Å². The fourth-order valence-electron chi connectivity index (χ4n) is 2.92. The molecule has 0 radical (unpaired) electrons. The lowest BCUT2D eigenvalue weighted by atomic mass is 10.2. The van der Waals surface area contributed by atoms with Crippen molar-refractivity contribution in [2.45, 2.75) is 25.8 Å². The third-order valence-electron chi connectivity index (χ3n) is 4.38. The Morgan fingerprint density at radius 1 is 0.960 bits per heavy atom. The molecule has 3 rings (SSSR count). The number of benzene rings is 2. The number of carbonyl (C=O) groups excluding carboxylic acids is 2. The van der Waals surface area contributed by atoms with Gasteiger partial charge in [-0.15, -0.1) is 0 Å². The van der Waals surface area contributed by atoms with Gasteiger partial charge in [-0.05, 0) is 56.2 Å². The zero-order valence-corrected chi connectivity index (χ0v) is 14.4. The van der Waals surface area contributed by atoms with Gasteiger partial charge in [-0.3, -0.25) is 9.59 Å². The van der Waals surface area contributed by atoms with Crippen LogP contribution < -0.4 is 15.5 Å². The third-order valence-corrected chi connectivity index (χ3v) is 4.38. The highest BCUT2D eigenvalue weighted by atomic mass is 16.2. The minimum atomic E-state index is -0.619. The smallest absolute Gasteiger partial charge is 0.251 e. The van der Waals surface area contributed by atoms with Gasteiger partial charge < -0.3 is 15.5 Å². The van der Waals surface area contributed by atoms with Crippen molar-refractivity contribution in [3.8, 4) is 0 Å². The van der Waals surface area contributed by atoms with Crippen LogP contribution in [0, 0.1) is 0 Å². The Morgan fingerprint density at radius 3 is 2.24 bits per heavy atom. The largest absolute Gasteiger partial charge is 0.372 e. The lowest BCUT2D eigenvalue weighted by Crippen LogP contribution is -2.41. The van der Waals surface area contributed by atoms with Crippen LogP contribution in [0.15, 0.2) is 54.6 Å². The molecule has 0 spiro atoms. The molecule has 2 N–H and O–H groups in total. The highest BCUT2D eigenvalue weighted by Crippen LogP contribution is 2.22. The van der Waals surface area contributed by atoms with E-state index in [2.05, 4.69) is 15.5 Å². The Labute approximate surface area is 148 Å². The second-order valence-electron chi connectivity index (χ2n) is 6.29. The first-order valence-corrected chi connectivity index (χ1v) is 8.65. The summed E-state index contributed by atoms with van der Waals surface area (Å²) in [4.78, 5) is 26.7. The summed E-state index contributed by atoms with van der Waals surface area (Å²) in [5.41, 5.74) is 2.45. The van der Waals surface area contributed by atoms with E-state index in [4.69, 9.17) is 0 Å². The normalized spacial score (nSPS) is 14.8. The number of rotatable bonds is 5. The Kier molecular flexibility index (Phi) is 5.33. The highest BCUT2D eigenvalue weighted by molar-refractivity contribution is 6.00. The molecule has 1 atom stereocenters. The molecule has 2 amide bonds. The molecule has 0 aliphatic carbocycles. The Balaban J connectivity index is 1.55. The van der Waals surface area contributed by atoms with Crippen molar-refractivity contribution in [2.24, 2.45) is 0 Å². The van der Waals surface area contributed by atoms with Crippen LogP contribution in [-0.2, 0) is 4.79 Å². The van der Waals surface area contributed by atoms with Gasteiger partial charge in [0.1, 0.15) is 6.04 Å². The van der Waals surface area contributed by atoms with Crippen molar-refractivity contribution in [1.82, 2.24) is 5.32 Å². The van der Waals surface area contributed by atoms with E-state index in [9.17, 15) is 9.59 Å². The summed E-state index contributed by atoms with van der Waals surface area (Å²) in [5, 5.41) is 5.56. The number of hydrogen-bond acceptors (Lipinski definition) is 3. The molecule has 1 heterocycles. The topological polar surface area (TPSA) is 61.4 Å². The Morgan fingerprint density at radius 2 is 1.60 bits per heavy atom. The van der Waals surface area contributed by atoms with Crippen molar-refractivity contribution < 1.29 is 9.59 Å². The molecule has 0 unspecified atom stereocenters. The number of nitrogens with zero attached hydrogens (tertiary/aromatic N) is 1. The molecule has 25 heavy (non-hydrogen) atoms. The van der Waals surface area contributed by atoms with Crippen molar-refractivity contribution in [3.63, 3.8) is 0 Å². The van der Waals surface area contributed by atoms with E-state index < -0.39 is 6.04 Å². The van der Waals surface area contributed by atoms with Crippen LogP contribution in [0.1, 0.15) is 30.1 Å². The lowest BCUT2D eigenvalue weighted by Gasteiger charge is -2.18. The number of hydrogen-bond donors (Lipinski definition) is 2. The molecular formula is C20H23N3O2. The van der Waals surface area contributed by atoms with Crippen LogP contribution in [0.25, 0.3) is 0 Å². The van der Waals surface area contributed by atoms with E-state index in [-0.39, 0.29) is 11.8 Å². The monoisotopic (exact) mass is 337 g/mol. The second kappa shape index (κ2) is 7.83. The molecule has 130 valence electrons. The van der Waals surface area contributed by atoms with Gasteiger partial charge in [-0.2, -0.15) is 0 Å². The summed E-state index contributed by atoms with van der Waals surface area (Å²) in [5.74, 6) is -0.495. The van der Waals surface area contributed by atoms with Crippen LogP contribution in [0.2, 0.25) is 0 Å². The minimum Gasteiger partial charge on any atom is -0.372 e. The molecule has 0 saturated carbocycles. The van der Waals surface area contributed by atoms with E-state index in [1.807, 2.05) is 30.3 Å². The SMILES string of the molecule is C[C@H](NC(=O)c1ccccc1)C(=O)Nc1ccc(N2CCCC2)cc1. The molecule has 0 bridgehead atoms. The summed E-state index contributed by atoms with van der Waals surface area (Å²) in [6.07, 6.45) is 2.47. The molecule has 2 aromatic rings. The molecule has 5 nitrogen and oxygen atoms in total. The van der Waals surface area contributed by atoms with Crippen molar-refractivity contribution in [3.05, 3.63) is 60.2 Å². The van der Waals surface area contributed by atoms with E-state index >= 15 is 0 Å². The summed E-state index contributed by atoms with van der Waals surface area (Å²) in [7, 11) is 0. The zero-order valence-electron chi connectivity index (χ0n) is 14.4. The third kappa shape index (κ3) is 4.38. The van der Waals surface area contributed by atoms with Gasteiger partial charge in [-0.1, -0.05) is 18.2 Å². The zero-order chi connectivity index (χ0) is 17.6. The van der Waals surface area contributed by atoms with Crippen LogP contribution in [0.4, 0.5) is 11.4 Å². The quantitative estimate of drug-likeness (QED) is 0.881. The summed E-state index contributed by atoms with van der Waals surface area (Å²) >= 11 is 0. The van der Waals surface area contributed by atoms with Gasteiger partial charge in [0.05, 0.1) is 0 Å². The van der Waals surface area contributed by atoms with Crippen molar-refractivity contribution in [2.75, 3.05) is 23.3 Å². The fraction of sp³-hybridized carbons (Fsp3) is 0.300. The molecule has 1 aliphatic rings. The maximum atomic E-state index is 12.3. The highest BCUT2D eigenvalue weighted by Gasteiger charge is 2.17. The molecular weight excluding hydrogens is 314 g/mol. The second-order valence-corrected chi connectivity index (χ2v) is 6.29. The van der Waals surface area contributed by atoms with Gasteiger partial charge in [0, 0.05) is 30.0 Å². The van der Waals surface area contributed by atoms with Crippen LogP contribution >= 0.6 is 0 Å². The van der Waals surface area contributed by atoms with Gasteiger partial charge in [0.15, 0.2) is 0 Å². The first-order chi connectivity index (χ1) is 12.1. The van der Waals surface area contributed by atoms with Gasteiger partial charge >= 0.3 is 0 Å². The summed E-state index contributed by atoms with van der Waals surface area (Å²) in [6.45, 7) is 3.86. The van der Waals surface area contributed by atoms with E-state index in [0.29, 0.717) is 5.56 Å². The Bertz CT molecular complexity index is 722.